The monoisotopic (exact) mass is 276 g/mol. The number of nitrogen functional groups attached to an aromatic ring is 1. The first kappa shape index (κ1) is 14.0. The number of hydrogen-bond acceptors (Lipinski definition) is 3. The first-order valence-electron chi connectivity index (χ1n) is 6.40. The lowest BCUT2D eigenvalue weighted by Gasteiger charge is -2.13. The van der Waals surface area contributed by atoms with E-state index < -0.39 is 0 Å². The van der Waals surface area contributed by atoms with Crippen molar-refractivity contribution in [3.63, 3.8) is 0 Å². The third-order valence-electron chi connectivity index (χ3n) is 3.03. The lowest BCUT2D eigenvalue weighted by molar-refractivity contribution is 0.0935. The molecule has 1 unspecified atom stereocenters. The van der Waals surface area contributed by atoms with Crippen LogP contribution >= 0.6 is 0 Å². The highest BCUT2D eigenvalue weighted by atomic mass is 19.1. The summed E-state index contributed by atoms with van der Waals surface area (Å²) in [6.07, 6.45) is 1.61. The number of amides is 1. The van der Waals surface area contributed by atoms with E-state index in [1.54, 1.807) is 29.9 Å². The molecule has 2 aromatic rings. The van der Waals surface area contributed by atoms with Gasteiger partial charge in [0, 0.05) is 12.7 Å². The van der Waals surface area contributed by atoms with Crippen LogP contribution in [0.25, 0.3) is 0 Å². The number of rotatable bonds is 4. The van der Waals surface area contributed by atoms with E-state index in [-0.39, 0.29) is 23.5 Å². The molecule has 0 fully saturated rings. The van der Waals surface area contributed by atoms with E-state index in [1.165, 1.54) is 12.1 Å². The highest BCUT2D eigenvalue weighted by Crippen LogP contribution is 2.15. The zero-order valence-electron chi connectivity index (χ0n) is 11.4. The van der Waals surface area contributed by atoms with E-state index in [4.69, 9.17) is 5.73 Å². The minimum Gasteiger partial charge on any atom is -0.396 e. The molecule has 0 aliphatic heterocycles. The molecule has 5 nitrogen and oxygen atoms in total. The third kappa shape index (κ3) is 2.96. The summed E-state index contributed by atoms with van der Waals surface area (Å²) in [6.45, 7) is 4.32. The number of nitrogens with one attached hydrogen (secondary N) is 1. The normalized spacial score (nSPS) is 12.2. The second-order valence-electron chi connectivity index (χ2n) is 4.54. The summed E-state index contributed by atoms with van der Waals surface area (Å²) in [5, 5.41) is 6.85. The molecule has 0 spiro atoms. The number of anilines is 1. The average Bonchev–Trinajstić information content (AvgIpc) is 2.80. The number of benzene rings is 1. The van der Waals surface area contributed by atoms with E-state index >= 15 is 0 Å². The zero-order valence-corrected chi connectivity index (χ0v) is 11.4. The summed E-state index contributed by atoms with van der Waals surface area (Å²) < 4.78 is 14.7. The lowest BCUT2D eigenvalue weighted by Crippen LogP contribution is -2.27. The molecule has 0 saturated carbocycles. The van der Waals surface area contributed by atoms with Gasteiger partial charge in [0.1, 0.15) is 5.82 Å². The summed E-state index contributed by atoms with van der Waals surface area (Å²) in [7, 11) is 0. The van der Waals surface area contributed by atoms with Crippen molar-refractivity contribution in [2.45, 2.75) is 26.4 Å². The number of nitrogens with two attached hydrogens (primary N) is 1. The average molecular weight is 276 g/mol. The highest BCUT2D eigenvalue weighted by Gasteiger charge is 2.17. The van der Waals surface area contributed by atoms with Crippen LogP contribution < -0.4 is 11.1 Å². The van der Waals surface area contributed by atoms with Crippen LogP contribution in [-0.4, -0.2) is 15.7 Å². The standard InChI is InChI=1S/C14H17FN4O/c1-3-19-8-12(16)13(18-19)14(20)17-9(2)10-5-4-6-11(15)7-10/h4-9H,3,16H2,1-2H3,(H,17,20). The van der Waals surface area contributed by atoms with E-state index in [1.807, 2.05) is 6.92 Å². The van der Waals surface area contributed by atoms with Gasteiger partial charge in [-0.2, -0.15) is 5.10 Å². The Morgan fingerprint density at radius 3 is 2.90 bits per heavy atom. The van der Waals surface area contributed by atoms with Gasteiger partial charge < -0.3 is 11.1 Å². The SMILES string of the molecule is CCn1cc(N)c(C(=O)NC(C)c2cccc(F)c2)n1. The van der Waals surface area contributed by atoms with Gasteiger partial charge in [0.05, 0.1) is 11.7 Å². The Hall–Kier alpha value is -2.37. The van der Waals surface area contributed by atoms with Crippen LogP contribution in [-0.2, 0) is 6.54 Å². The second kappa shape index (κ2) is 5.73. The molecule has 106 valence electrons. The molecule has 1 aromatic heterocycles. The molecule has 20 heavy (non-hydrogen) atoms. The van der Waals surface area contributed by atoms with Gasteiger partial charge in [-0.3, -0.25) is 9.48 Å². The molecule has 0 radical (unpaired) electrons. The number of halogens is 1. The summed E-state index contributed by atoms with van der Waals surface area (Å²) in [5.74, 6) is -0.704. The fourth-order valence-corrected chi connectivity index (χ4v) is 1.90. The van der Waals surface area contributed by atoms with Gasteiger partial charge >= 0.3 is 0 Å². The maximum atomic E-state index is 13.2. The molecule has 1 aromatic carbocycles. The number of carbonyl (C=O) groups is 1. The fourth-order valence-electron chi connectivity index (χ4n) is 1.90. The number of aromatic nitrogens is 2. The van der Waals surface area contributed by atoms with E-state index in [9.17, 15) is 9.18 Å². The summed E-state index contributed by atoms with van der Waals surface area (Å²) >= 11 is 0. The fraction of sp³-hybridized carbons (Fsp3) is 0.286. The molecule has 6 heteroatoms. The van der Waals surface area contributed by atoms with E-state index in [0.29, 0.717) is 17.8 Å². The van der Waals surface area contributed by atoms with Crippen molar-refractivity contribution < 1.29 is 9.18 Å². The second-order valence-corrected chi connectivity index (χ2v) is 4.54. The van der Waals surface area contributed by atoms with Gasteiger partial charge in [-0.15, -0.1) is 0 Å². The van der Waals surface area contributed by atoms with Crippen molar-refractivity contribution in [2.24, 2.45) is 0 Å². The van der Waals surface area contributed by atoms with Crippen molar-refractivity contribution in [2.75, 3.05) is 5.73 Å². The Morgan fingerprint density at radius 2 is 2.30 bits per heavy atom. The molecular weight excluding hydrogens is 259 g/mol. The highest BCUT2D eigenvalue weighted by molar-refractivity contribution is 5.97. The Kier molecular flexibility index (Phi) is 4.02. The van der Waals surface area contributed by atoms with E-state index in [0.717, 1.165) is 0 Å². The molecule has 0 aliphatic rings. The van der Waals surface area contributed by atoms with Crippen molar-refractivity contribution in [3.8, 4) is 0 Å². The van der Waals surface area contributed by atoms with Gasteiger partial charge in [-0.05, 0) is 31.5 Å². The molecule has 0 bridgehead atoms. The number of aryl methyl sites for hydroxylation is 1. The number of carbonyl (C=O) groups excluding carboxylic acids is 1. The lowest BCUT2D eigenvalue weighted by atomic mass is 10.1. The van der Waals surface area contributed by atoms with Crippen LogP contribution in [0.2, 0.25) is 0 Å². The van der Waals surface area contributed by atoms with Crippen LogP contribution in [0.5, 0.6) is 0 Å². The Bertz CT molecular complexity index is 623. The predicted molar refractivity (Wildman–Crippen MR) is 74.6 cm³/mol. The predicted octanol–water partition coefficient (Wildman–Crippen LogP) is 2.12. The van der Waals surface area contributed by atoms with Crippen molar-refractivity contribution >= 4 is 11.6 Å². The van der Waals surface area contributed by atoms with Crippen molar-refractivity contribution in [1.82, 2.24) is 15.1 Å². The van der Waals surface area contributed by atoms with Crippen LogP contribution in [0.4, 0.5) is 10.1 Å². The molecule has 3 N–H and O–H groups in total. The van der Waals surface area contributed by atoms with E-state index in [2.05, 4.69) is 10.4 Å². The number of hydrogen-bond donors (Lipinski definition) is 2. The zero-order chi connectivity index (χ0) is 14.7. The molecule has 1 atom stereocenters. The molecule has 1 heterocycles. The van der Waals surface area contributed by atoms with Gasteiger partial charge in [0.15, 0.2) is 5.69 Å². The van der Waals surface area contributed by atoms with Crippen LogP contribution in [0.3, 0.4) is 0 Å². The summed E-state index contributed by atoms with van der Waals surface area (Å²) in [6, 6.07) is 5.78. The quantitative estimate of drug-likeness (QED) is 0.898. The van der Waals surface area contributed by atoms with Gasteiger partial charge in [-0.1, -0.05) is 12.1 Å². The Balaban J connectivity index is 2.12. The molecule has 2 rings (SSSR count). The maximum absolute atomic E-state index is 13.2. The van der Waals surface area contributed by atoms with Gasteiger partial charge in [0.2, 0.25) is 0 Å². The summed E-state index contributed by atoms with van der Waals surface area (Å²) in [5.41, 5.74) is 6.96. The maximum Gasteiger partial charge on any atom is 0.274 e. The largest absolute Gasteiger partial charge is 0.396 e. The first-order valence-corrected chi connectivity index (χ1v) is 6.40. The van der Waals surface area contributed by atoms with Gasteiger partial charge in [-0.25, -0.2) is 4.39 Å². The molecular formula is C14H17FN4O. The third-order valence-corrected chi connectivity index (χ3v) is 3.03. The van der Waals surface area contributed by atoms with Crippen LogP contribution in [0.15, 0.2) is 30.5 Å². The van der Waals surface area contributed by atoms with Gasteiger partial charge in [0.25, 0.3) is 5.91 Å². The molecule has 1 amide bonds. The summed E-state index contributed by atoms with van der Waals surface area (Å²) in [4.78, 5) is 12.1. The van der Waals surface area contributed by atoms with Crippen LogP contribution in [0.1, 0.15) is 35.9 Å². The Morgan fingerprint density at radius 1 is 1.55 bits per heavy atom. The van der Waals surface area contributed by atoms with Crippen molar-refractivity contribution in [3.05, 3.63) is 47.5 Å². The minimum absolute atomic E-state index is 0.190. The molecule has 0 saturated heterocycles. The smallest absolute Gasteiger partial charge is 0.274 e. The van der Waals surface area contributed by atoms with Crippen molar-refractivity contribution in [1.29, 1.82) is 0 Å². The van der Waals surface area contributed by atoms with Crippen LogP contribution in [0, 0.1) is 5.82 Å². The first-order chi connectivity index (χ1) is 9.51. The number of nitrogens with zero attached hydrogens (tertiary/aromatic N) is 2. The molecule has 0 aliphatic carbocycles. The topological polar surface area (TPSA) is 72.9 Å². The Labute approximate surface area is 116 Å². The minimum atomic E-state index is -0.369.